The van der Waals surface area contributed by atoms with E-state index in [9.17, 15) is 13.2 Å². The summed E-state index contributed by atoms with van der Waals surface area (Å²) in [6, 6.07) is 4.37. The maximum atomic E-state index is 12.8. The van der Waals surface area contributed by atoms with E-state index < -0.39 is 11.7 Å². The molecule has 94 valence electrons. The molecule has 0 spiro atoms. The number of hydrogen-bond donors (Lipinski definition) is 2. The van der Waals surface area contributed by atoms with Gasteiger partial charge in [-0.3, -0.25) is 0 Å². The third-order valence-electron chi connectivity index (χ3n) is 3.03. The minimum absolute atomic E-state index is 0.257. The van der Waals surface area contributed by atoms with Crippen molar-refractivity contribution in [3.05, 3.63) is 29.3 Å². The summed E-state index contributed by atoms with van der Waals surface area (Å²) >= 11 is 0. The maximum Gasteiger partial charge on any atom is 0.418 e. The molecule has 0 aromatic heterocycles. The second-order valence-electron chi connectivity index (χ2n) is 4.35. The monoisotopic (exact) mass is 244 g/mol. The first-order valence-electron chi connectivity index (χ1n) is 5.60. The molecule has 2 rings (SSSR count). The Hall–Kier alpha value is -1.23. The number of para-hydroxylation sites is 1. The Bertz CT molecular complexity index is 401. The molecule has 2 N–H and O–H groups in total. The first-order valence-corrected chi connectivity index (χ1v) is 5.60. The van der Waals surface area contributed by atoms with Crippen molar-refractivity contribution in [2.45, 2.75) is 12.6 Å². The first-order chi connectivity index (χ1) is 8.02. The van der Waals surface area contributed by atoms with E-state index in [0.29, 0.717) is 18.9 Å². The zero-order valence-electron chi connectivity index (χ0n) is 9.56. The Kier molecular flexibility index (Phi) is 3.28. The predicted molar refractivity (Wildman–Crippen MR) is 61.1 cm³/mol. The van der Waals surface area contributed by atoms with Gasteiger partial charge in [-0.15, -0.1) is 0 Å². The summed E-state index contributed by atoms with van der Waals surface area (Å²) in [5.41, 5.74) is 0.455. The smallest absolute Gasteiger partial charge is 0.384 e. The molecule has 1 aliphatic rings. The molecule has 0 amide bonds. The fourth-order valence-electron chi connectivity index (χ4n) is 2.28. The van der Waals surface area contributed by atoms with Crippen LogP contribution in [0.25, 0.3) is 0 Å². The highest BCUT2D eigenvalue weighted by molar-refractivity contribution is 5.60. The summed E-state index contributed by atoms with van der Waals surface area (Å²) in [5.74, 6) is 0.344. The van der Waals surface area contributed by atoms with Crippen LogP contribution in [0.15, 0.2) is 18.2 Å². The van der Waals surface area contributed by atoms with Crippen LogP contribution in [0.1, 0.15) is 11.1 Å². The van der Waals surface area contributed by atoms with Crippen molar-refractivity contribution in [1.82, 2.24) is 5.32 Å². The minimum Gasteiger partial charge on any atom is -0.384 e. The van der Waals surface area contributed by atoms with Gasteiger partial charge < -0.3 is 10.6 Å². The van der Waals surface area contributed by atoms with Crippen LogP contribution in [0.4, 0.5) is 18.9 Å². The average molecular weight is 244 g/mol. The first kappa shape index (κ1) is 12.2. The summed E-state index contributed by atoms with van der Waals surface area (Å²) < 4.78 is 38.3. The summed E-state index contributed by atoms with van der Waals surface area (Å²) in [5, 5.41) is 5.96. The number of anilines is 1. The van der Waals surface area contributed by atoms with Gasteiger partial charge in [0.2, 0.25) is 0 Å². The maximum absolute atomic E-state index is 12.8. The molecule has 1 aromatic rings. The summed E-state index contributed by atoms with van der Waals surface area (Å²) in [6.45, 7) is 1.39. The molecule has 0 aliphatic carbocycles. The normalized spacial score (nSPS) is 19.6. The van der Waals surface area contributed by atoms with Crippen LogP contribution in [0, 0.1) is 5.92 Å². The second-order valence-corrected chi connectivity index (χ2v) is 4.35. The van der Waals surface area contributed by atoms with Crippen molar-refractivity contribution in [1.29, 1.82) is 0 Å². The largest absolute Gasteiger partial charge is 0.418 e. The molecule has 1 aliphatic heterocycles. The van der Waals surface area contributed by atoms with Crippen LogP contribution >= 0.6 is 0 Å². The van der Waals surface area contributed by atoms with E-state index in [1.54, 1.807) is 6.07 Å². The quantitative estimate of drug-likeness (QED) is 0.835. The van der Waals surface area contributed by atoms with Crippen LogP contribution in [0.3, 0.4) is 0 Å². The van der Waals surface area contributed by atoms with E-state index in [0.717, 1.165) is 18.2 Å². The van der Waals surface area contributed by atoms with Gasteiger partial charge >= 0.3 is 6.18 Å². The number of hydrogen-bond acceptors (Lipinski definition) is 2. The highest BCUT2D eigenvalue weighted by Crippen LogP contribution is 2.38. The molecule has 1 unspecified atom stereocenters. The van der Waals surface area contributed by atoms with Crippen LogP contribution < -0.4 is 10.6 Å². The minimum atomic E-state index is -4.28. The average Bonchev–Trinajstić information content (AvgIpc) is 2.27. The lowest BCUT2D eigenvalue weighted by atomic mass is 9.91. The van der Waals surface area contributed by atoms with Gasteiger partial charge in [-0.05, 0) is 37.6 Å². The SMILES string of the molecule is CNCC1CNc2c(cccc2C(F)(F)F)C1. The van der Waals surface area contributed by atoms with E-state index in [2.05, 4.69) is 10.6 Å². The van der Waals surface area contributed by atoms with Crippen molar-refractivity contribution in [2.75, 3.05) is 25.5 Å². The summed E-state index contributed by atoms with van der Waals surface area (Å²) in [7, 11) is 1.85. The van der Waals surface area contributed by atoms with Crippen LogP contribution in [-0.4, -0.2) is 20.1 Å². The van der Waals surface area contributed by atoms with E-state index in [4.69, 9.17) is 0 Å². The van der Waals surface area contributed by atoms with Crippen molar-refractivity contribution in [2.24, 2.45) is 5.92 Å². The zero-order valence-corrected chi connectivity index (χ0v) is 9.56. The Morgan fingerprint density at radius 2 is 2.18 bits per heavy atom. The van der Waals surface area contributed by atoms with Crippen molar-refractivity contribution >= 4 is 5.69 Å². The molecule has 5 heteroatoms. The van der Waals surface area contributed by atoms with Gasteiger partial charge in [0, 0.05) is 12.2 Å². The fourth-order valence-corrected chi connectivity index (χ4v) is 2.28. The molecule has 0 saturated carbocycles. The van der Waals surface area contributed by atoms with Gasteiger partial charge in [0.25, 0.3) is 0 Å². The number of halogens is 3. The fraction of sp³-hybridized carbons (Fsp3) is 0.500. The van der Waals surface area contributed by atoms with Crippen molar-refractivity contribution in [3.63, 3.8) is 0 Å². The van der Waals surface area contributed by atoms with Crippen LogP contribution in [0.5, 0.6) is 0 Å². The number of benzene rings is 1. The Morgan fingerprint density at radius 1 is 1.41 bits per heavy atom. The van der Waals surface area contributed by atoms with E-state index >= 15 is 0 Å². The Labute approximate surface area is 98.2 Å². The number of nitrogens with one attached hydrogen (secondary N) is 2. The van der Waals surface area contributed by atoms with Gasteiger partial charge in [-0.2, -0.15) is 13.2 Å². The highest BCUT2D eigenvalue weighted by atomic mass is 19.4. The topological polar surface area (TPSA) is 24.1 Å². The molecule has 1 heterocycles. The third-order valence-corrected chi connectivity index (χ3v) is 3.03. The van der Waals surface area contributed by atoms with Crippen molar-refractivity contribution < 1.29 is 13.2 Å². The molecular formula is C12H15F3N2. The molecule has 17 heavy (non-hydrogen) atoms. The highest BCUT2D eigenvalue weighted by Gasteiger charge is 2.35. The summed E-state index contributed by atoms with van der Waals surface area (Å²) in [6.07, 6.45) is -3.60. The number of rotatable bonds is 2. The van der Waals surface area contributed by atoms with Gasteiger partial charge in [0.05, 0.1) is 5.56 Å². The lowest BCUT2D eigenvalue weighted by Gasteiger charge is -2.28. The number of fused-ring (bicyclic) bond motifs is 1. The van der Waals surface area contributed by atoms with Crippen LogP contribution in [-0.2, 0) is 12.6 Å². The van der Waals surface area contributed by atoms with Gasteiger partial charge in [0.15, 0.2) is 0 Å². The summed E-state index contributed by atoms with van der Waals surface area (Å²) in [4.78, 5) is 0. The van der Waals surface area contributed by atoms with Gasteiger partial charge in [-0.1, -0.05) is 12.1 Å². The molecule has 1 aromatic carbocycles. The lowest BCUT2D eigenvalue weighted by molar-refractivity contribution is -0.137. The van der Waals surface area contributed by atoms with E-state index in [1.165, 1.54) is 6.07 Å². The standard InChI is InChI=1S/C12H15F3N2/c1-16-6-8-5-9-3-2-4-10(12(13,14)15)11(9)17-7-8/h2-4,8,16-17H,5-7H2,1H3. The molecule has 0 radical (unpaired) electrons. The Morgan fingerprint density at radius 3 is 2.82 bits per heavy atom. The van der Waals surface area contributed by atoms with Crippen molar-refractivity contribution in [3.8, 4) is 0 Å². The zero-order chi connectivity index (χ0) is 12.5. The lowest BCUT2D eigenvalue weighted by Crippen LogP contribution is -2.32. The van der Waals surface area contributed by atoms with E-state index in [-0.39, 0.29) is 5.69 Å². The molecule has 1 atom stereocenters. The molecule has 0 fully saturated rings. The number of alkyl halides is 3. The molecule has 0 saturated heterocycles. The molecule has 2 nitrogen and oxygen atoms in total. The Balaban J connectivity index is 2.29. The predicted octanol–water partition coefficient (Wildman–Crippen LogP) is 2.51. The van der Waals surface area contributed by atoms with Gasteiger partial charge in [-0.25, -0.2) is 0 Å². The molecular weight excluding hydrogens is 229 g/mol. The molecule has 0 bridgehead atoms. The van der Waals surface area contributed by atoms with Crippen LogP contribution in [0.2, 0.25) is 0 Å². The third kappa shape index (κ3) is 2.54. The van der Waals surface area contributed by atoms with Gasteiger partial charge in [0.1, 0.15) is 0 Å². The van der Waals surface area contributed by atoms with E-state index in [1.807, 2.05) is 7.05 Å². The second kappa shape index (κ2) is 4.56.